The molecule has 0 aromatic carbocycles. The molecule has 3 aliphatic rings. The number of hydrogen-bond acceptors (Lipinski definition) is 5. The SMILES string of the molecule is CC(C)Cn1ncc2cnc(-c3[nH]ncc3NC(=O)N3CCC(C(F)F)(C4(O)CC4)CC34CC4)cc21. The van der Waals surface area contributed by atoms with Gasteiger partial charge < -0.3 is 15.3 Å². The number of pyridine rings is 1. The molecule has 3 aromatic heterocycles. The number of H-pyrrole nitrogens is 1. The van der Waals surface area contributed by atoms with Gasteiger partial charge in [-0.05, 0) is 50.5 Å². The summed E-state index contributed by atoms with van der Waals surface area (Å²) in [5, 5.41) is 26.1. The lowest BCUT2D eigenvalue weighted by Gasteiger charge is -2.49. The average Bonchev–Trinajstić information content (AvgIpc) is 3.68. The summed E-state index contributed by atoms with van der Waals surface area (Å²) in [7, 11) is 0. The molecule has 2 amide bonds. The molecule has 0 radical (unpaired) electrons. The van der Waals surface area contributed by atoms with Gasteiger partial charge in [0.1, 0.15) is 5.69 Å². The van der Waals surface area contributed by atoms with Crippen molar-refractivity contribution in [2.45, 2.75) is 76.5 Å². The van der Waals surface area contributed by atoms with E-state index >= 15 is 0 Å². The Morgan fingerprint density at radius 1 is 1.19 bits per heavy atom. The molecule has 1 atom stereocenters. The normalized spacial score (nSPS) is 24.1. The van der Waals surface area contributed by atoms with Gasteiger partial charge in [0.15, 0.2) is 0 Å². The number of aromatic amines is 1. The minimum absolute atomic E-state index is 0.0899. The van der Waals surface area contributed by atoms with E-state index in [0.717, 1.165) is 17.4 Å². The van der Waals surface area contributed by atoms with Crippen LogP contribution in [0.1, 0.15) is 52.4 Å². The van der Waals surface area contributed by atoms with Crippen molar-refractivity contribution in [1.29, 1.82) is 0 Å². The molecule has 192 valence electrons. The van der Waals surface area contributed by atoms with Gasteiger partial charge in [0, 0.05) is 30.2 Å². The summed E-state index contributed by atoms with van der Waals surface area (Å²) in [4.78, 5) is 19.6. The molecule has 11 heteroatoms. The van der Waals surface area contributed by atoms with Crippen LogP contribution in [0.25, 0.3) is 22.3 Å². The summed E-state index contributed by atoms with van der Waals surface area (Å²) in [6.07, 6.45) is 4.83. The second-order valence-electron chi connectivity index (χ2n) is 11.2. The minimum Gasteiger partial charge on any atom is -0.389 e. The predicted octanol–water partition coefficient (Wildman–Crippen LogP) is 4.41. The van der Waals surface area contributed by atoms with Gasteiger partial charge in [-0.15, -0.1) is 0 Å². The number of halogens is 2. The number of hydrogen-bond donors (Lipinski definition) is 3. The van der Waals surface area contributed by atoms with E-state index in [-0.39, 0.29) is 25.4 Å². The smallest absolute Gasteiger partial charge is 0.322 e. The van der Waals surface area contributed by atoms with Crippen molar-refractivity contribution in [1.82, 2.24) is 29.9 Å². The van der Waals surface area contributed by atoms with Crippen LogP contribution in [0.3, 0.4) is 0 Å². The number of nitrogens with one attached hydrogen (secondary N) is 2. The molecule has 1 unspecified atom stereocenters. The molecule has 9 nitrogen and oxygen atoms in total. The monoisotopic (exact) mass is 499 g/mol. The minimum atomic E-state index is -2.61. The third-order valence-corrected chi connectivity index (χ3v) is 8.34. The number of amides is 2. The molecule has 1 aliphatic heterocycles. The number of carbonyl (C=O) groups excluding carboxylic acids is 1. The largest absolute Gasteiger partial charge is 0.389 e. The number of aliphatic hydroxyl groups is 1. The molecule has 36 heavy (non-hydrogen) atoms. The van der Waals surface area contributed by atoms with Crippen LogP contribution in [0, 0.1) is 11.3 Å². The highest BCUT2D eigenvalue weighted by atomic mass is 19.3. The summed E-state index contributed by atoms with van der Waals surface area (Å²) in [6, 6.07) is 1.58. The second-order valence-corrected chi connectivity index (χ2v) is 11.2. The first kappa shape index (κ1) is 23.3. The number of urea groups is 1. The Kier molecular flexibility index (Phi) is 5.16. The molecule has 1 saturated heterocycles. The predicted molar refractivity (Wildman–Crippen MR) is 129 cm³/mol. The Hall–Kier alpha value is -3.08. The zero-order valence-corrected chi connectivity index (χ0v) is 20.5. The van der Waals surface area contributed by atoms with Crippen molar-refractivity contribution in [3.63, 3.8) is 0 Å². The number of nitrogens with zero attached hydrogens (tertiary/aromatic N) is 5. The fourth-order valence-electron chi connectivity index (χ4n) is 5.99. The fraction of sp³-hybridized carbons (Fsp3) is 0.600. The van der Waals surface area contributed by atoms with E-state index in [1.807, 2.05) is 10.7 Å². The van der Waals surface area contributed by atoms with Crippen molar-refractivity contribution < 1.29 is 18.7 Å². The number of piperidine rings is 1. The van der Waals surface area contributed by atoms with Gasteiger partial charge in [0.25, 0.3) is 0 Å². The topological polar surface area (TPSA) is 112 Å². The summed E-state index contributed by atoms with van der Waals surface area (Å²) in [6.45, 7) is 5.21. The highest BCUT2D eigenvalue weighted by Crippen LogP contribution is 2.65. The molecule has 2 aliphatic carbocycles. The number of likely N-dealkylation sites (tertiary alicyclic amines) is 1. The zero-order chi connectivity index (χ0) is 25.3. The quantitative estimate of drug-likeness (QED) is 0.465. The summed E-state index contributed by atoms with van der Waals surface area (Å²) in [5.41, 5.74) is -0.754. The van der Waals surface area contributed by atoms with Gasteiger partial charge in [-0.1, -0.05) is 13.8 Å². The summed E-state index contributed by atoms with van der Waals surface area (Å²) in [5.74, 6) is 0.426. The van der Waals surface area contributed by atoms with Crippen LogP contribution < -0.4 is 5.32 Å². The molecule has 2 saturated carbocycles. The summed E-state index contributed by atoms with van der Waals surface area (Å²) < 4.78 is 30.4. The van der Waals surface area contributed by atoms with Gasteiger partial charge in [-0.25, -0.2) is 13.6 Å². The lowest BCUT2D eigenvalue weighted by molar-refractivity contribution is -0.145. The number of aromatic nitrogens is 5. The van der Waals surface area contributed by atoms with Gasteiger partial charge in [0.2, 0.25) is 6.43 Å². The Labute approximate surface area is 207 Å². The average molecular weight is 500 g/mol. The van der Waals surface area contributed by atoms with E-state index in [4.69, 9.17) is 0 Å². The van der Waals surface area contributed by atoms with Crippen LogP contribution in [0.15, 0.2) is 24.7 Å². The first-order valence-electron chi connectivity index (χ1n) is 12.6. The Bertz CT molecular complexity index is 1310. The number of anilines is 1. The lowest BCUT2D eigenvalue weighted by atomic mass is 9.68. The summed E-state index contributed by atoms with van der Waals surface area (Å²) >= 11 is 0. The molecule has 1 spiro atoms. The molecule has 6 rings (SSSR count). The molecule has 3 aromatic rings. The van der Waals surface area contributed by atoms with Crippen molar-refractivity contribution in [2.75, 3.05) is 11.9 Å². The Morgan fingerprint density at radius 2 is 1.97 bits per heavy atom. The van der Waals surface area contributed by atoms with Gasteiger partial charge in [0.05, 0.1) is 40.3 Å². The van der Waals surface area contributed by atoms with E-state index in [1.54, 1.807) is 17.3 Å². The fourth-order valence-corrected chi connectivity index (χ4v) is 5.99. The van der Waals surface area contributed by atoms with Crippen LogP contribution in [-0.4, -0.2) is 65.1 Å². The third-order valence-electron chi connectivity index (χ3n) is 8.34. The molecular weight excluding hydrogens is 468 g/mol. The number of carbonyl (C=O) groups is 1. The molecular formula is C25H31F2N7O2. The highest BCUT2D eigenvalue weighted by molar-refractivity contribution is 5.94. The number of rotatable bonds is 6. The molecule has 0 bridgehead atoms. The van der Waals surface area contributed by atoms with Crippen LogP contribution in [0.2, 0.25) is 0 Å². The van der Waals surface area contributed by atoms with Crippen LogP contribution in [0.4, 0.5) is 19.3 Å². The van der Waals surface area contributed by atoms with E-state index < -0.39 is 23.0 Å². The van der Waals surface area contributed by atoms with Crippen molar-refractivity contribution in [2.24, 2.45) is 11.3 Å². The van der Waals surface area contributed by atoms with E-state index in [1.165, 1.54) is 6.20 Å². The van der Waals surface area contributed by atoms with Gasteiger partial charge in [-0.2, -0.15) is 10.2 Å². The van der Waals surface area contributed by atoms with Crippen LogP contribution in [0.5, 0.6) is 0 Å². The molecule has 3 N–H and O–H groups in total. The third kappa shape index (κ3) is 3.58. The van der Waals surface area contributed by atoms with Gasteiger partial charge >= 0.3 is 6.03 Å². The van der Waals surface area contributed by atoms with E-state index in [9.17, 15) is 18.7 Å². The van der Waals surface area contributed by atoms with E-state index in [2.05, 4.69) is 39.4 Å². The second kappa shape index (κ2) is 7.96. The lowest BCUT2D eigenvalue weighted by Crippen LogP contribution is -2.59. The maximum Gasteiger partial charge on any atom is 0.322 e. The number of alkyl halides is 2. The maximum absolute atomic E-state index is 14.2. The van der Waals surface area contributed by atoms with Crippen molar-refractivity contribution in [3.05, 3.63) is 24.7 Å². The maximum atomic E-state index is 14.2. The van der Waals surface area contributed by atoms with Crippen LogP contribution in [-0.2, 0) is 6.54 Å². The number of fused-ring (bicyclic) bond motifs is 1. The Morgan fingerprint density at radius 3 is 2.64 bits per heavy atom. The van der Waals surface area contributed by atoms with E-state index in [0.29, 0.717) is 48.7 Å². The standard InChI is InChI=1S/C25H31F2N7O2/c1-15(2)13-34-19-9-17(28-10-16(19)11-30-34)20-18(12-29-32-20)31-22(35)33-8-7-24(21(26)27,25(36)5-6-25)14-23(33)3-4-23/h9-12,15,21,36H,3-8,13-14H2,1-2H3,(H,29,32)(H,31,35). The Balaban J connectivity index is 1.23. The van der Waals surface area contributed by atoms with Crippen molar-refractivity contribution in [3.8, 4) is 11.4 Å². The van der Waals surface area contributed by atoms with Gasteiger partial charge in [-0.3, -0.25) is 14.8 Å². The zero-order valence-electron chi connectivity index (χ0n) is 20.5. The van der Waals surface area contributed by atoms with Crippen LogP contribution >= 0.6 is 0 Å². The highest BCUT2D eigenvalue weighted by Gasteiger charge is 2.70. The molecule has 4 heterocycles. The first-order valence-corrected chi connectivity index (χ1v) is 12.6. The van der Waals surface area contributed by atoms with Crippen molar-refractivity contribution >= 4 is 22.6 Å². The first-order chi connectivity index (χ1) is 17.2. The molecule has 3 fully saturated rings.